The summed E-state index contributed by atoms with van der Waals surface area (Å²) < 4.78 is 11.6. The van der Waals surface area contributed by atoms with Gasteiger partial charge in [0, 0.05) is 30.8 Å². The number of hydrogen-bond donors (Lipinski definition) is 1. The van der Waals surface area contributed by atoms with E-state index in [2.05, 4.69) is 16.4 Å². The summed E-state index contributed by atoms with van der Waals surface area (Å²) >= 11 is 0. The van der Waals surface area contributed by atoms with Crippen LogP contribution in [0.5, 0.6) is 5.75 Å². The third-order valence-electron chi connectivity index (χ3n) is 3.55. The smallest absolute Gasteiger partial charge is 0.130 e. The van der Waals surface area contributed by atoms with Gasteiger partial charge >= 0.3 is 0 Å². The summed E-state index contributed by atoms with van der Waals surface area (Å²) in [5.74, 6) is 0.938. The molecule has 0 unspecified atom stereocenters. The van der Waals surface area contributed by atoms with E-state index in [1.165, 1.54) is 0 Å². The van der Waals surface area contributed by atoms with Crippen LogP contribution in [0, 0.1) is 0 Å². The highest BCUT2D eigenvalue weighted by Crippen LogP contribution is 2.28. The largest absolute Gasteiger partial charge is 0.489 e. The molecule has 1 aromatic heterocycles. The summed E-state index contributed by atoms with van der Waals surface area (Å²) in [4.78, 5) is 4.65. The number of pyridine rings is 1. The van der Waals surface area contributed by atoms with Crippen LogP contribution in [0.3, 0.4) is 0 Å². The Kier molecular flexibility index (Phi) is 4.14. The standard InChI is InChI=1S/C16H20N2O2/c1-17-11-12-10-16(20-13-6-8-19-9-7-13)14-4-2-3-5-15(14)18-12/h2-5,10,13,17H,6-9,11H2,1H3. The van der Waals surface area contributed by atoms with Crippen molar-refractivity contribution in [3.05, 3.63) is 36.0 Å². The lowest BCUT2D eigenvalue weighted by molar-refractivity contribution is 0.0261. The molecule has 0 amide bonds. The average molecular weight is 272 g/mol. The van der Waals surface area contributed by atoms with Gasteiger partial charge in [0.1, 0.15) is 11.9 Å². The van der Waals surface area contributed by atoms with Gasteiger partial charge in [0.15, 0.2) is 0 Å². The lowest BCUT2D eigenvalue weighted by Crippen LogP contribution is -2.26. The molecule has 0 spiro atoms. The Bertz CT molecular complexity index is 580. The molecule has 1 aromatic carbocycles. The van der Waals surface area contributed by atoms with Gasteiger partial charge in [0.25, 0.3) is 0 Å². The van der Waals surface area contributed by atoms with Crippen molar-refractivity contribution in [2.75, 3.05) is 20.3 Å². The summed E-state index contributed by atoms with van der Waals surface area (Å²) in [5, 5.41) is 4.22. The fourth-order valence-corrected chi connectivity index (χ4v) is 2.54. The summed E-state index contributed by atoms with van der Waals surface area (Å²) in [7, 11) is 1.93. The molecule has 20 heavy (non-hydrogen) atoms. The number of fused-ring (bicyclic) bond motifs is 1. The van der Waals surface area contributed by atoms with Crippen molar-refractivity contribution >= 4 is 10.9 Å². The minimum absolute atomic E-state index is 0.247. The van der Waals surface area contributed by atoms with Gasteiger partial charge in [-0.1, -0.05) is 12.1 Å². The van der Waals surface area contributed by atoms with Crippen LogP contribution in [-0.2, 0) is 11.3 Å². The highest BCUT2D eigenvalue weighted by molar-refractivity contribution is 5.85. The highest BCUT2D eigenvalue weighted by atomic mass is 16.5. The molecular weight excluding hydrogens is 252 g/mol. The molecule has 106 valence electrons. The van der Waals surface area contributed by atoms with E-state index < -0.39 is 0 Å². The molecule has 1 saturated heterocycles. The van der Waals surface area contributed by atoms with Gasteiger partial charge in [-0.15, -0.1) is 0 Å². The Labute approximate surface area is 119 Å². The van der Waals surface area contributed by atoms with Crippen molar-refractivity contribution in [1.82, 2.24) is 10.3 Å². The second kappa shape index (κ2) is 6.20. The van der Waals surface area contributed by atoms with E-state index >= 15 is 0 Å². The molecule has 2 heterocycles. The molecule has 0 bridgehead atoms. The van der Waals surface area contributed by atoms with Gasteiger partial charge in [-0.05, 0) is 19.2 Å². The number of hydrogen-bond acceptors (Lipinski definition) is 4. The zero-order valence-electron chi connectivity index (χ0n) is 11.8. The fraction of sp³-hybridized carbons (Fsp3) is 0.438. The van der Waals surface area contributed by atoms with Crippen molar-refractivity contribution in [3.8, 4) is 5.75 Å². The maximum atomic E-state index is 6.21. The minimum Gasteiger partial charge on any atom is -0.489 e. The Morgan fingerprint density at radius 1 is 1.30 bits per heavy atom. The number of ether oxygens (including phenoxy) is 2. The molecule has 1 aliphatic heterocycles. The number of aromatic nitrogens is 1. The van der Waals surface area contributed by atoms with Gasteiger partial charge < -0.3 is 14.8 Å². The summed E-state index contributed by atoms with van der Waals surface area (Å²) in [6.45, 7) is 2.32. The van der Waals surface area contributed by atoms with Crippen LogP contribution in [0.1, 0.15) is 18.5 Å². The first-order valence-corrected chi connectivity index (χ1v) is 7.14. The quantitative estimate of drug-likeness (QED) is 0.928. The van der Waals surface area contributed by atoms with Gasteiger partial charge in [0.05, 0.1) is 24.4 Å². The molecule has 0 aliphatic carbocycles. The molecule has 0 radical (unpaired) electrons. The molecule has 2 aromatic rings. The molecule has 1 N–H and O–H groups in total. The van der Waals surface area contributed by atoms with Gasteiger partial charge in [0.2, 0.25) is 0 Å². The predicted molar refractivity (Wildman–Crippen MR) is 79.0 cm³/mol. The molecule has 0 saturated carbocycles. The predicted octanol–water partition coefficient (Wildman–Crippen LogP) is 2.51. The van der Waals surface area contributed by atoms with Crippen molar-refractivity contribution in [1.29, 1.82) is 0 Å². The zero-order chi connectivity index (χ0) is 13.8. The number of nitrogens with one attached hydrogen (secondary N) is 1. The summed E-state index contributed by atoms with van der Waals surface area (Å²) in [5.41, 5.74) is 2.00. The summed E-state index contributed by atoms with van der Waals surface area (Å²) in [6, 6.07) is 10.2. The second-order valence-corrected chi connectivity index (χ2v) is 5.09. The van der Waals surface area contributed by atoms with Crippen LogP contribution < -0.4 is 10.1 Å². The van der Waals surface area contributed by atoms with Crippen molar-refractivity contribution in [2.45, 2.75) is 25.5 Å². The van der Waals surface area contributed by atoms with Crippen molar-refractivity contribution in [3.63, 3.8) is 0 Å². The normalized spacial score (nSPS) is 16.4. The second-order valence-electron chi connectivity index (χ2n) is 5.09. The molecule has 0 atom stereocenters. The third kappa shape index (κ3) is 2.92. The Morgan fingerprint density at radius 3 is 2.90 bits per heavy atom. The monoisotopic (exact) mass is 272 g/mol. The summed E-state index contributed by atoms with van der Waals surface area (Å²) in [6.07, 6.45) is 2.16. The maximum Gasteiger partial charge on any atom is 0.130 e. The fourth-order valence-electron chi connectivity index (χ4n) is 2.54. The van der Waals surface area contributed by atoms with E-state index in [1.807, 2.05) is 31.3 Å². The zero-order valence-corrected chi connectivity index (χ0v) is 11.8. The Morgan fingerprint density at radius 2 is 2.10 bits per heavy atom. The van der Waals surface area contributed by atoms with Gasteiger partial charge in [-0.25, -0.2) is 0 Å². The van der Waals surface area contributed by atoms with Crippen LogP contribution in [0.15, 0.2) is 30.3 Å². The van der Waals surface area contributed by atoms with Crippen LogP contribution >= 0.6 is 0 Å². The van der Waals surface area contributed by atoms with E-state index in [0.29, 0.717) is 0 Å². The highest BCUT2D eigenvalue weighted by Gasteiger charge is 2.17. The van der Waals surface area contributed by atoms with E-state index in [0.717, 1.165) is 54.9 Å². The number of benzene rings is 1. The first-order valence-electron chi connectivity index (χ1n) is 7.14. The van der Waals surface area contributed by atoms with Crippen molar-refractivity contribution in [2.24, 2.45) is 0 Å². The lowest BCUT2D eigenvalue weighted by Gasteiger charge is -2.24. The SMILES string of the molecule is CNCc1cc(OC2CCOCC2)c2ccccc2n1. The third-order valence-corrected chi connectivity index (χ3v) is 3.55. The molecule has 1 fully saturated rings. The lowest BCUT2D eigenvalue weighted by atomic mass is 10.1. The first kappa shape index (κ1) is 13.3. The Hall–Kier alpha value is -1.65. The number of para-hydroxylation sites is 1. The van der Waals surface area contributed by atoms with Crippen LogP contribution in [0.2, 0.25) is 0 Å². The van der Waals surface area contributed by atoms with E-state index in [4.69, 9.17) is 9.47 Å². The minimum atomic E-state index is 0.247. The maximum absolute atomic E-state index is 6.21. The van der Waals surface area contributed by atoms with Crippen LogP contribution in [0.4, 0.5) is 0 Å². The average Bonchev–Trinajstić information content (AvgIpc) is 2.49. The van der Waals surface area contributed by atoms with Crippen molar-refractivity contribution < 1.29 is 9.47 Å². The molecule has 4 heteroatoms. The van der Waals surface area contributed by atoms with Gasteiger partial charge in [-0.3, -0.25) is 4.98 Å². The topological polar surface area (TPSA) is 43.4 Å². The van der Waals surface area contributed by atoms with Gasteiger partial charge in [-0.2, -0.15) is 0 Å². The van der Waals surface area contributed by atoms with Crippen LogP contribution in [0.25, 0.3) is 10.9 Å². The first-order chi connectivity index (χ1) is 9.86. The molecule has 1 aliphatic rings. The molecule has 4 nitrogen and oxygen atoms in total. The van der Waals surface area contributed by atoms with E-state index in [9.17, 15) is 0 Å². The van der Waals surface area contributed by atoms with E-state index in [-0.39, 0.29) is 6.10 Å². The van der Waals surface area contributed by atoms with Crippen LogP contribution in [-0.4, -0.2) is 31.3 Å². The number of nitrogens with zero attached hydrogens (tertiary/aromatic N) is 1. The van der Waals surface area contributed by atoms with E-state index in [1.54, 1.807) is 0 Å². The molecular formula is C16H20N2O2. The number of rotatable bonds is 4. The Balaban J connectivity index is 1.93. The molecule has 3 rings (SSSR count).